The van der Waals surface area contributed by atoms with Crippen LogP contribution in [-0.4, -0.2) is 26.2 Å². The molecular formula is C26H30O4. The summed E-state index contributed by atoms with van der Waals surface area (Å²) in [6.45, 7) is 4.23. The lowest BCUT2D eigenvalue weighted by molar-refractivity contribution is 0.0553. The molecule has 0 amide bonds. The largest absolute Gasteiger partial charge is 0.465 e. The molecule has 0 N–H and O–H groups in total. The Kier molecular flexibility index (Phi) is 7.09. The van der Waals surface area contributed by atoms with Crippen molar-refractivity contribution in [1.82, 2.24) is 0 Å². The quantitative estimate of drug-likeness (QED) is 0.328. The van der Waals surface area contributed by atoms with Gasteiger partial charge in [0, 0.05) is 0 Å². The first-order valence-electron chi connectivity index (χ1n) is 10.7. The van der Waals surface area contributed by atoms with E-state index in [4.69, 9.17) is 9.47 Å². The van der Waals surface area contributed by atoms with E-state index in [-0.39, 0.29) is 0 Å². The maximum absolute atomic E-state index is 12.9. The number of aryl methyl sites for hydroxylation is 2. The van der Waals surface area contributed by atoms with Crippen molar-refractivity contribution in [3.8, 4) is 0 Å². The summed E-state index contributed by atoms with van der Waals surface area (Å²) in [6.07, 6.45) is 5.21. The zero-order chi connectivity index (χ0) is 21.7. The smallest absolute Gasteiger partial charge is 0.339 e. The van der Waals surface area contributed by atoms with Crippen LogP contribution in [0.2, 0.25) is 0 Å². The highest BCUT2D eigenvalue weighted by Gasteiger charge is 2.29. The van der Waals surface area contributed by atoms with Crippen LogP contribution < -0.4 is 0 Å². The Morgan fingerprint density at radius 1 is 0.733 bits per heavy atom. The maximum Gasteiger partial charge on any atom is 0.339 e. The first-order chi connectivity index (χ1) is 14.6. The molecule has 0 aliphatic carbocycles. The Labute approximate surface area is 178 Å². The van der Waals surface area contributed by atoms with Crippen molar-refractivity contribution in [2.45, 2.75) is 52.4 Å². The number of hydrogen-bond donors (Lipinski definition) is 0. The van der Waals surface area contributed by atoms with Gasteiger partial charge < -0.3 is 9.47 Å². The van der Waals surface area contributed by atoms with Crippen molar-refractivity contribution in [2.24, 2.45) is 0 Å². The van der Waals surface area contributed by atoms with E-state index in [1.54, 1.807) is 0 Å². The summed E-state index contributed by atoms with van der Waals surface area (Å²) in [5, 5.41) is 4.29. The monoisotopic (exact) mass is 406 g/mol. The van der Waals surface area contributed by atoms with Gasteiger partial charge in [-0.2, -0.15) is 0 Å². The van der Waals surface area contributed by atoms with E-state index >= 15 is 0 Å². The standard InChI is InChI=1S/C26H30O4/c1-5-7-13-19-21-15-17-11-9-10-12-18(17)16-22(21)20(14-8-6-2)24(26(28)30-4)23(19)25(27)29-3/h9-12,15-16H,5-8,13-14H2,1-4H3. The van der Waals surface area contributed by atoms with Gasteiger partial charge in [-0.1, -0.05) is 51.0 Å². The number of carbonyl (C=O) groups excluding carboxylic acids is 2. The summed E-state index contributed by atoms with van der Waals surface area (Å²) in [6, 6.07) is 12.5. The fourth-order valence-electron chi connectivity index (χ4n) is 4.19. The molecule has 0 fully saturated rings. The molecular weight excluding hydrogens is 376 g/mol. The number of carbonyl (C=O) groups is 2. The molecule has 0 spiro atoms. The summed E-state index contributed by atoms with van der Waals surface area (Å²) in [5.74, 6) is -0.955. The third-order valence-corrected chi connectivity index (χ3v) is 5.73. The molecule has 4 heteroatoms. The minimum Gasteiger partial charge on any atom is -0.465 e. The molecule has 158 valence electrons. The summed E-state index contributed by atoms with van der Waals surface area (Å²) in [7, 11) is 2.73. The molecule has 0 saturated carbocycles. The van der Waals surface area contributed by atoms with Crippen molar-refractivity contribution in [2.75, 3.05) is 14.2 Å². The molecule has 30 heavy (non-hydrogen) atoms. The van der Waals surface area contributed by atoms with Crippen molar-refractivity contribution >= 4 is 33.5 Å². The van der Waals surface area contributed by atoms with Gasteiger partial charge in [0.05, 0.1) is 25.3 Å². The number of ether oxygens (including phenoxy) is 2. The van der Waals surface area contributed by atoms with E-state index in [1.165, 1.54) is 14.2 Å². The lowest BCUT2D eigenvalue weighted by Crippen LogP contribution is -2.18. The van der Waals surface area contributed by atoms with Gasteiger partial charge in [-0.15, -0.1) is 0 Å². The van der Waals surface area contributed by atoms with E-state index in [0.717, 1.165) is 58.4 Å². The fourth-order valence-corrected chi connectivity index (χ4v) is 4.19. The average Bonchev–Trinajstić information content (AvgIpc) is 2.78. The SMILES string of the molecule is CCCCc1c(C(=O)OC)c(C(=O)OC)c(CCCC)c2cc3ccccc3cc12. The van der Waals surface area contributed by atoms with Gasteiger partial charge in [0.25, 0.3) is 0 Å². The van der Waals surface area contributed by atoms with Crippen molar-refractivity contribution in [1.29, 1.82) is 0 Å². The Morgan fingerprint density at radius 3 is 1.47 bits per heavy atom. The first-order valence-corrected chi connectivity index (χ1v) is 10.7. The number of rotatable bonds is 8. The molecule has 0 aliphatic heterocycles. The first kappa shape index (κ1) is 21.8. The molecule has 0 heterocycles. The lowest BCUT2D eigenvalue weighted by Gasteiger charge is -2.21. The highest BCUT2D eigenvalue weighted by Crippen LogP contribution is 2.36. The zero-order valence-electron chi connectivity index (χ0n) is 18.3. The molecule has 0 aromatic heterocycles. The third kappa shape index (κ3) is 4.04. The molecule has 0 radical (unpaired) electrons. The van der Waals surface area contributed by atoms with Crippen LogP contribution in [0.1, 0.15) is 71.4 Å². The molecule has 0 atom stereocenters. The molecule has 3 aromatic carbocycles. The second-order valence-corrected chi connectivity index (χ2v) is 7.64. The summed E-state index contributed by atoms with van der Waals surface area (Å²) >= 11 is 0. The van der Waals surface area contributed by atoms with Crippen LogP contribution in [0.4, 0.5) is 0 Å². The molecule has 0 unspecified atom stereocenters. The highest BCUT2D eigenvalue weighted by atomic mass is 16.5. The van der Waals surface area contributed by atoms with Gasteiger partial charge in [0.2, 0.25) is 0 Å². The van der Waals surface area contributed by atoms with E-state index in [1.807, 2.05) is 12.1 Å². The summed E-state index contributed by atoms with van der Waals surface area (Å²) in [5.41, 5.74) is 2.49. The molecule has 4 nitrogen and oxygen atoms in total. The van der Waals surface area contributed by atoms with Crippen molar-refractivity contribution in [3.05, 3.63) is 58.7 Å². The van der Waals surface area contributed by atoms with Crippen LogP contribution in [-0.2, 0) is 22.3 Å². The normalized spacial score (nSPS) is 11.1. The second-order valence-electron chi connectivity index (χ2n) is 7.64. The minimum atomic E-state index is -0.477. The number of unbranched alkanes of at least 4 members (excludes halogenated alkanes) is 2. The highest BCUT2D eigenvalue weighted by molar-refractivity contribution is 6.13. The Bertz CT molecular complexity index is 996. The number of benzene rings is 3. The van der Waals surface area contributed by atoms with Crippen molar-refractivity contribution in [3.63, 3.8) is 0 Å². The third-order valence-electron chi connectivity index (χ3n) is 5.73. The van der Waals surface area contributed by atoms with Gasteiger partial charge in [0.15, 0.2) is 0 Å². The average molecular weight is 407 g/mol. The summed E-state index contributed by atoms with van der Waals surface area (Å²) < 4.78 is 10.3. The van der Waals surface area contributed by atoms with E-state index in [0.29, 0.717) is 24.0 Å². The predicted octanol–water partition coefficient (Wildman–Crippen LogP) is 6.25. The van der Waals surface area contributed by atoms with Crippen LogP contribution in [0.15, 0.2) is 36.4 Å². The molecule has 0 bridgehead atoms. The van der Waals surface area contributed by atoms with E-state index < -0.39 is 11.9 Å². The van der Waals surface area contributed by atoms with Crippen molar-refractivity contribution < 1.29 is 19.1 Å². The van der Waals surface area contributed by atoms with Gasteiger partial charge in [0.1, 0.15) is 0 Å². The topological polar surface area (TPSA) is 52.6 Å². The number of esters is 2. The van der Waals surface area contributed by atoms with E-state index in [2.05, 4.69) is 38.1 Å². The molecule has 3 aromatic rings. The fraction of sp³-hybridized carbons (Fsp3) is 0.385. The number of methoxy groups -OCH3 is 2. The van der Waals surface area contributed by atoms with E-state index in [9.17, 15) is 9.59 Å². The zero-order valence-corrected chi connectivity index (χ0v) is 18.3. The minimum absolute atomic E-state index is 0.367. The lowest BCUT2D eigenvalue weighted by atomic mass is 9.84. The van der Waals surface area contributed by atoms with Crippen LogP contribution in [0.3, 0.4) is 0 Å². The van der Waals surface area contributed by atoms with Crippen LogP contribution in [0.25, 0.3) is 21.5 Å². The van der Waals surface area contributed by atoms with Gasteiger partial charge in [-0.05, 0) is 70.5 Å². The number of hydrogen-bond acceptors (Lipinski definition) is 4. The Morgan fingerprint density at radius 2 is 1.13 bits per heavy atom. The predicted molar refractivity (Wildman–Crippen MR) is 121 cm³/mol. The maximum atomic E-state index is 12.9. The van der Waals surface area contributed by atoms with Gasteiger partial charge in [-0.25, -0.2) is 9.59 Å². The van der Waals surface area contributed by atoms with Gasteiger partial charge >= 0.3 is 11.9 Å². The number of fused-ring (bicyclic) bond motifs is 2. The second kappa shape index (κ2) is 9.75. The molecule has 0 saturated heterocycles. The Balaban J connectivity index is 2.52. The molecule has 3 rings (SSSR count). The Hall–Kier alpha value is -2.88. The van der Waals surface area contributed by atoms with Crippen LogP contribution in [0, 0.1) is 0 Å². The molecule has 0 aliphatic rings. The summed E-state index contributed by atoms with van der Waals surface area (Å²) in [4.78, 5) is 25.9. The van der Waals surface area contributed by atoms with Crippen LogP contribution in [0.5, 0.6) is 0 Å². The van der Waals surface area contributed by atoms with Crippen LogP contribution >= 0.6 is 0 Å². The van der Waals surface area contributed by atoms with Gasteiger partial charge in [-0.3, -0.25) is 0 Å².